The second kappa shape index (κ2) is 7.93. The first-order valence-electron chi connectivity index (χ1n) is 6.40. The van der Waals surface area contributed by atoms with Gasteiger partial charge in [0.15, 0.2) is 5.75 Å². The number of rotatable bonds is 6. The van der Waals surface area contributed by atoms with Crippen LogP contribution in [0.15, 0.2) is 24.3 Å². The van der Waals surface area contributed by atoms with Crippen molar-refractivity contribution in [3.63, 3.8) is 0 Å². The molecule has 7 heteroatoms. The Bertz CT molecular complexity index is 498. The molecule has 1 aromatic rings. The molecule has 0 radical (unpaired) electrons. The smallest absolute Gasteiger partial charge is 0.306 e. The Labute approximate surface area is 128 Å². The van der Waals surface area contributed by atoms with Crippen molar-refractivity contribution in [2.24, 2.45) is 0 Å². The van der Waals surface area contributed by atoms with Crippen LogP contribution in [-0.2, 0) is 9.53 Å². The molecule has 0 amide bonds. The van der Waals surface area contributed by atoms with Crippen molar-refractivity contribution in [1.82, 2.24) is 9.97 Å². The third kappa shape index (κ3) is 7.60. The van der Waals surface area contributed by atoms with Gasteiger partial charge in [-0.3, -0.25) is 4.79 Å². The molecule has 0 bridgehead atoms. The van der Waals surface area contributed by atoms with Crippen LogP contribution in [-0.4, -0.2) is 28.1 Å². The summed E-state index contributed by atoms with van der Waals surface area (Å²) in [7, 11) is 0. The topological polar surface area (TPSA) is 61.3 Å². The Morgan fingerprint density at radius 2 is 1.95 bits per heavy atom. The first kappa shape index (κ1) is 17.4. The monoisotopic (exact) mass is 316 g/mol. The highest BCUT2D eigenvalue weighted by Crippen LogP contribution is 2.15. The first-order valence-corrected chi connectivity index (χ1v) is 6.78. The lowest BCUT2D eigenvalue weighted by Crippen LogP contribution is -2.23. The molecule has 0 spiro atoms. The molecule has 5 nitrogen and oxygen atoms in total. The Balaban J connectivity index is 2.39. The molecule has 0 aliphatic rings. The summed E-state index contributed by atoms with van der Waals surface area (Å²) in [5.41, 5.74) is -0.204. The van der Waals surface area contributed by atoms with Crippen LogP contribution in [0.2, 0.25) is 5.28 Å². The predicted octanol–water partition coefficient (Wildman–Crippen LogP) is 3.48. The lowest BCUT2D eigenvalue weighted by Gasteiger charge is -2.19. The second-order valence-electron chi connectivity index (χ2n) is 5.33. The summed E-state index contributed by atoms with van der Waals surface area (Å²) in [6.45, 7) is 5.34. The molecule has 116 valence electrons. The van der Waals surface area contributed by atoms with Crippen LogP contribution in [0, 0.1) is 0 Å². The van der Waals surface area contributed by atoms with Crippen LogP contribution in [0.25, 0.3) is 0 Å². The van der Waals surface area contributed by atoms with E-state index in [1.807, 2.05) is 0 Å². The average Bonchev–Trinajstić information content (AvgIpc) is 2.39. The van der Waals surface area contributed by atoms with Crippen molar-refractivity contribution in [3.8, 4) is 5.75 Å². The van der Waals surface area contributed by atoms with E-state index >= 15 is 0 Å². The highest BCUT2D eigenvalue weighted by molar-refractivity contribution is 6.28. The summed E-state index contributed by atoms with van der Waals surface area (Å²) < 4.78 is 23.2. The minimum absolute atomic E-state index is 0.00426. The third-order valence-corrected chi connectivity index (χ3v) is 2.44. The highest BCUT2D eigenvalue weighted by Gasteiger charge is 2.16. The van der Waals surface area contributed by atoms with E-state index in [1.54, 1.807) is 20.8 Å². The molecule has 0 aromatic carbocycles. The summed E-state index contributed by atoms with van der Waals surface area (Å²) in [6.07, 6.45) is 3.52. The van der Waals surface area contributed by atoms with Gasteiger partial charge >= 0.3 is 5.97 Å². The summed E-state index contributed by atoms with van der Waals surface area (Å²) >= 11 is 5.54. The number of hydrogen-bond acceptors (Lipinski definition) is 5. The Kier molecular flexibility index (Phi) is 6.55. The average molecular weight is 317 g/mol. The SMILES string of the molecule is CC(C)(C)OC(=O)CC/C(=C\F)COc1cnc(Cl)nc1. The van der Waals surface area contributed by atoms with Gasteiger partial charge in [-0.1, -0.05) is 0 Å². The normalized spacial score (nSPS) is 12.1. The number of carbonyl (C=O) groups is 1. The zero-order valence-corrected chi connectivity index (χ0v) is 13.0. The minimum atomic E-state index is -0.548. The van der Waals surface area contributed by atoms with Gasteiger partial charge in [0.05, 0.1) is 18.7 Å². The zero-order chi connectivity index (χ0) is 15.9. The summed E-state index contributed by atoms with van der Waals surface area (Å²) in [6, 6.07) is 0. The molecule has 21 heavy (non-hydrogen) atoms. The quantitative estimate of drug-likeness (QED) is 0.594. The zero-order valence-electron chi connectivity index (χ0n) is 12.2. The molecule has 0 fully saturated rings. The molecule has 1 heterocycles. The standard InChI is InChI=1S/C14H18ClFN2O3/c1-14(2,3)21-12(19)5-4-10(6-16)9-20-11-7-17-13(15)18-8-11/h6-8H,4-5,9H2,1-3H3/b10-6+. The Morgan fingerprint density at radius 1 is 1.33 bits per heavy atom. The van der Waals surface area contributed by atoms with Gasteiger partial charge in [0.2, 0.25) is 5.28 Å². The van der Waals surface area contributed by atoms with Crippen LogP contribution < -0.4 is 4.74 Å². The van der Waals surface area contributed by atoms with Crippen LogP contribution >= 0.6 is 11.6 Å². The number of esters is 1. The van der Waals surface area contributed by atoms with E-state index in [4.69, 9.17) is 21.1 Å². The summed E-state index contributed by atoms with van der Waals surface area (Å²) in [4.78, 5) is 19.0. The fourth-order valence-electron chi connectivity index (χ4n) is 1.36. The van der Waals surface area contributed by atoms with Gasteiger partial charge in [0, 0.05) is 6.42 Å². The van der Waals surface area contributed by atoms with Gasteiger partial charge in [-0.15, -0.1) is 0 Å². The highest BCUT2D eigenvalue weighted by atomic mass is 35.5. The lowest BCUT2D eigenvalue weighted by atomic mass is 10.1. The van der Waals surface area contributed by atoms with E-state index in [0.29, 0.717) is 17.7 Å². The maximum absolute atomic E-state index is 12.8. The van der Waals surface area contributed by atoms with Gasteiger partial charge in [-0.25, -0.2) is 14.4 Å². The molecular formula is C14H18ClFN2O3. The minimum Gasteiger partial charge on any atom is -0.486 e. The largest absolute Gasteiger partial charge is 0.486 e. The number of halogens is 2. The number of hydrogen-bond donors (Lipinski definition) is 0. The van der Waals surface area contributed by atoms with E-state index < -0.39 is 5.60 Å². The van der Waals surface area contributed by atoms with Crippen LogP contribution in [0.4, 0.5) is 4.39 Å². The molecule has 0 unspecified atom stereocenters. The van der Waals surface area contributed by atoms with Crippen molar-refractivity contribution in [3.05, 3.63) is 29.6 Å². The molecule has 1 aromatic heterocycles. The van der Waals surface area contributed by atoms with Crippen LogP contribution in [0.5, 0.6) is 5.75 Å². The number of aromatic nitrogens is 2. The predicted molar refractivity (Wildman–Crippen MR) is 76.8 cm³/mol. The van der Waals surface area contributed by atoms with E-state index in [9.17, 15) is 9.18 Å². The van der Waals surface area contributed by atoms with Gasteiger partial charge in [-0.05, 0) is 44.4 Å². The Morgan fingerprint density at radius 3 is 2.48 bits per heavy atom. The summed E-state index contributed by atoms with van der Waals surface area (Å²) in [5, 5.41) is 0.105. The number of carbonyl (C=O) groups excluding carboxylic acids is 1. The third-order valence-electron chi connectivity index (χ3n) is 2.25. The molecule has 0 atom stereocenters. The van der Waals surface area contributed by atoms with Crippen molar-refractivity contribution >= 4 is 17.6 Å². The van der Waals surface area contributed by atoms with E-state index in [-0.39, 0.29) is 30.7 Å². The first-order chi connectivity index (χ1) is 9.80. The lowest BCUT2D eigenvalue weighted by molar-refractivity contribution is -0.154. The molecule has 0 saturated carbocycles. The van der Waals surface area contributed by atoms with E-state index in [1.165, 1.54) is 12.4 Å². The van der Waals surface area contributed by atoms with Gasteiger partial charge in [-0.2, -0.15) is 0 Å². The van der Waals surface area contributed by atoms with Crippen molar-refractivity contribution in [2.45, 2.75) is 39.2 Å². The molecule has 0 saturated heterocycles. The fraction of sp³-hybridized carbons (Fsp3) is 0.500. The van der Waals surface area contributed by atoms with Gasteiger partial charge in [0.25, 0.3) is 0 Å². The molecule has 0 N–H and O–H groups in total. The number of nitrogens with zero attached hydrogens (tertiary/aromatic N) is 2. The van der Waals surface area contributed by atoms with Crippen LogP contribution in [0.1, 0.15) is 33.6 Å². The molecular weight excluding hydrogens is 299 g/mol. The Hall–Kier alpha value is -1.69. The van der Waals surface area contributed by atoms with E-state index in [0.717, 1.165) is 0 Å². The fourth-order valence-corrected chi connectivity index (χ4v) is 1.46. The maximum Gasteiger partial charge on any atom is 0.306 e. The second-order valence-corrected chi connectivity index (χ2v) is 5.67. The van der Waals surface area contributed by atoms with E-state index in [2.05, 4.69) is 9.97 Å². The molecule has 0 aliphatic heterocycles. The molecule has 1 rings (SSSR count). The van der Waals surface area contributed by atoms with Crippen LogP contribution in [0.3, 0.4) is 0 Å². The number of ether oxygens (including phenoxy) is 2. The van der Waals surface area contributed by atoms with Crippen molar-refractivity contribution in [1.29, 1.82) is 0 Å². The summed E-state index contributed by atoms with van der Waals surface area (Å²) in [5.74, 6) is -0.00676. The van der Waals surface area contributed by atoms with Crippen molar-refractivity contribution in [2.75, 3.05) is 6.61 Å². The van der Waals surface area contributed by atoms with Crippen molar-refractivity contribution < 1.29 is 18.7 Å². The maximum atomic E-state index is 12.8. The molecule has 0 aliphatic carbocycles. The van der Waals surface area contributed by atoms with Gasteiger partial charge in [0.1, 0.15) is 12.2 Å². The van der Waals surface area contributed by atoms with Gasteiger partial charge < -0.3 is 9.47 Å².